The van der Waals surface area contributed by atoms with Crippen LogP contribution in [-0.2, 0) is 4.74 Å². The zero-order chi connectivity index (χ0) is 14.5. The standard InChI is InChI=1S/C15H21N3O2/c1-11-5-6-14(20-4)13(9-11)18-8-7-16-15(18)17-12(2)10-19-3/h5-9,12H,10H2,1-4H3,(H,16,17). The molecule has 1 aromatic carbocycles. The van der Waals surface area contributed by atoms with Crippen LogP contribution in [0.4, 0.5) is 5.95 Å². The molecule has 1 atom stereocenters. The highest BCUT2D eigenvalue weighted by Gasteiger charge is 2.12. The lowest BCUT2D eigenvalue weighted by Gasteiger charge is -2.17. The number of nitrogens with one attached hydrogen (secondary N) is 1. The number of methoxy groups -OCH3 is 2. The van der Waals surface area contributed by atoms with E-state index in [1.54, 1.807) is 20.4 Å². The minimum atomic E-state index is 0.178. The smallest absolute Gasteiger partial charge is 0.207 e. The first-order valence-corrected chi connectivity index (χ1v) is 6.59. The Bertz CT molecular complexity index is 566. The van der Waals surface area contributed by atoms with Crippen molar-refractivity contribution >= 4 is 5.95 Å². The first kappa shape index (κ1) is 14.4. The third kappa shape index (κ3) is 3.11. The summed E-state index contributed by atoms with van der Waals surface area (Å²) in [4.78, 5) is 4.36. The third-order valence-corrected chi connectivity index (χ3v) is 3.03. The van der Waals surface area contributed by atoms with Crippen molar-refractivity contribution in [3.8, 4) is 11.4 Å². The molecule has 0 saturated heterocycles. The summed E-state index contributed by atoms with van der Waals surface area (Å²) in [7, 11) is 3.36. The van der Waals surface area contributed by atoms with Crippen LogP contribution in [0.25, 0.3) is 5.69 Å². The van der Waals surface area contributed by atoms with Gasteiger partial charge in [0.25, 0.3) is 0 Å². The number of aromatic nitrogens is 2. The van der Waals surface area contributed by atoms with E-state index in [4.69, 9.17) is 9.47 Å². The molecule has 0 bridgehead atoms. The molecule has 5 heteroatoms. The Labute approximate surface area is 119 Å². The first-order chi connectivity index (χ1) is 9.65. The molecule has 2 aromatic rings. The van der Waals surface area contributed by atoms with E-state index in [1.807, 2.05) is 22.9 Å². The van der Waals surface area contributed by atoms with Crippen molar-refractivity contribution in [2.45, 2.75) is 19.9 Å². The van der Waals surface area contributed by atoms with Gasteiger partial charge in [0.2, 0.25) is 5.95 Å². The van der Waals surface area contributed by atoms with Crippen LogP contribution in [0.5, 0.6) is 5.75 Å². The van der Waals surface area contributed by atoms with Gasteiger partial charge in [-0.15, -0.1) is 0 Å². The second-order valence-corrected chi connectivity index (χ2v) is 4.80. The number of nitrogens with zero attached hydrogens (tertiary/aromatic N) is 2. The van der Waals surface area contributed by atoms with Gasteiger partial charge in [-0.25, -0.2) is 4.98 Å². The van der Waals surface area contributed by atoms with Gasteiger partial charge < -0.3 is 14.8 Å². The molecule has 1 N–H and O–H groups in total. The fourth-order valence-corrected chi connectivity index (χ4v) is 2.10. The molecule has 0 fully saturated rings. The maximum absolute atomic E-state index is 5.43. The van der Waals surface area contributed by atoms with Crippen molar-refractivity contribution in [2.75, 3.05) is 26.1 Å². The highest BCUT2D eigenvalue weighted by atomic mass is 16.5. The second-order valence-electron chi connectivity index (χ2n) is 4.80. The minimum absolute atomic E-state index is 0.178. The summed E-state index contributed by atoms with van der Waals surface area (Å²) in [6, 6.07) is 6.25. The van der Waals surface area contributed by atoms with Crippen molar-refractivity contribution in [2.24, 2.45) is 0 Å². The molecular formula is C15H21N3O2. The SMILES string of the molecule is COCC(C)Nc1nccn1-c1cc(C)ccc1OC. The van der Waals surface area contributed by atoms with E-state index in [1.165, 1.54) is 5.56 Å². The van der Waals surface area contributed by atoms with Crippen LogP contribution >= 0.6 is 0 Å². The fraction of sp³-hybridized carbons (Fsp3) is 0.400. The van der Waals surface area contributed by atoms with Crippen LogP contribution in [0, 0.1) is 6.92 Å². The summed E-state index contributed by atoms with van der Waals surface area (Å²) < 4.78 is 12.6. The summed E-state index contributed by atoms with van der Waals surface area (Å²) in [5.41, 5.74) is 2.14. The topological polar surface area (TPSA) is 48.3 Å². The van der Waals surface area contributed by atoms with E-state index in [2.05, 4.69) is 30.2 Å². The van der Waals surface area contributed by atoms with Gasteiger partial charge in [0, 0.05) is 25.5 Å². The average molecular weight is 275 g/mol. The zero-order valence-corrected chi connectivity index (χ0v) is 12.4. The molecule has 1 unspecified atom stereocenters. The molecule has 2 rings (SSSR count). The number of anilines is 1. The van der Waals surface area contributed by atoms with E-state index >= 15 is 0 Å². The monoisotopic (exact) mass is 275 g/mol. The van der Waals surface area contributed by atoms with Crippen molar-refractivity contribution in [1.29, 1.82) is 0 Å². The summed E-state index contributed by atoms with van der Waals surface area (Å²) in [6.07, 6.45) is 3.68. The van der Waals surface area contributed by atoms with E-state index in [9.17, 15) is 0 Å². The Hall–Kier alpha value is -2.01. The Kier molecular flexibility index (Phi) is 4.63. The number of aryl methyl sites for hydroxylation is 1. The van der Waals surface area contributed by atoms with Crippen molar-refractivity contribution < 1.29 is 9.47 Å². The van der Waals surface area contributed by atoms with Gasteiger partial charge in [0.05, 0.1) is 19.4 Å². The van der Waals surface area contributed by atoms with E-state index < -0.39 is 0 Å². The van der Waals surface area contributed by atoms with Crippen molar-refractivity contribution in [1.82, 2.24) is 9.55 Å². The van der Waals surface area contributed by atoms with Gasteiger partial charge in [-0.1, -0.05) is 6.07 Å². The van der Waals surface area contributed by atoms with E-state index in [0.717, 1.165) is 17.4 Å². The van der Waals surface area contributed by atoms with E-state index in [-0.39, 0.29) is 6.04 Å². The summed E-state index contributed by atoms with van der Waals surface area (Å²) in [6.45, 7) is 4.73. The average Bonchev–Trinajstić information content (AvgIpc) is 2.86. The Morgan fingerprint density at radius 1 is 1.35 bits per heavy atom. The molecule has 0 spiro atoms. The lowest BCUT2D eigenvalue weighted by atomic mass is 10.2. The Balaban J connectivity index is 2.34. The maximum Gasteiger partial charge on any atom is 0.207 e. The molecule has 0 radical (unpaired) electrons. The molecule has 20 heavy (non-hydrogen) atoms. The van der Waals surface area contributed by atoms with Gasteiger partial charge >= 0.3 is 0 Å². The van der Waals surface area contributed by atoms with Gasteiger partial charge in [0.1, 0.15) is 5.75 Å². The Morgan fingerprint density at radius 3 is 2.85 bits per heavy atom. The van der Waals surface area contributed by atoms with Crippen LogP contribution in [0.3, 0.4) is 0 Å². The maximum atomic E-state index is 5.43. The molecule has 108 valence electrons. The highest BCUT2D eigenvalue weighted by molar-refractivity contribution is 5.53. The molecular weight excluding hydrogens is 254 g/mol. The van der Waals surface area contributed by atoms with Crippen molar-refractivity contribution in [3.05, 3.63) is 36.2 Å². The lowest BCUT2D eigenvalue weighted by molar-refractivity contribution is 0.190. The molecule has 0 aliphatic rings. The summed E-state index contributed by atoms with van der Waals surface area (Å²) in [5, 5.41) is 3.33. The van der Waals surface area contributed by atoms with Gasteiger partial charge in [-0.2, -0.15) is 0 Å². The quantitative estimate of drug-likeness (QED) is 0.880. The lowest BCUT2D eigenvalue weighted by Crippen LogP contribution is -2.23. The minimum Gasteiger partial charge on any atom is -0.495 e. The van der Waals surface area contributed by atoms with Gasteiger partial charge in [-0.3, -0.25) is 4.57 Å². The number of hydrogen-bond acceptors (Lipinski definition) is 4. The van der Waals surface area contributed by atoms with Gasteiger partial charge in [0.15, 0.2) is 0 Å². The van der Waals surface area contributed by atoms with Crippen molar-refractivity contribution in [3.63, 3.8) is 0 Å². The van der Waals surface area contributed by atoms with Crippen LogP contribution in [0.15, 0.2) is 30.6 Å². The number of rotatable bonds is 6. The predicted octanol–water partition coefficient (Wildman–Crippen LogP) is 2.64. The first-order valence-electron chi connectivity index (χ1n) is 6.59. The molecule has 0 aliphatic carbocycles. The summed E-state index contributed by atoms with van der Waals surface area (Å²) in [5.74, 6) is 1.59. The predicted molar refractivity (Wildman–Crippen MR) is 79.8 cm³/mol. The van der Waals surface area contributed by atoms with Gasteiger partial charge in [-0.05, 0) is 31.5 Å². The van der Waals surface area contributed by atoms with Crippen LogP contribution in [-0.4, -0.2) is 36.4 Å². The molecule has 0 amide bonds. The van der Waals surface area contributed by atoms with Crippen LogP contribution in [0.2, 0.25) is 0 Å². The number of benzene rings is 1. The van der Waals surface area contributed by atoms with Crippen LogP contribution in [0.1, 0.15) is 12.5 Å². The zero-order valence-electron chi connectivity index (χ0n) is 12.4. The normalized spacial score (nSPS) is 12.2. The number of ether oxygens (including phenoxy) is 2. The molecule has 1 aromatic heterocycles. The fourth-order valence-electron chi connectivity index (χ4n) is 2.10. The molecule has 5 nitrogen and oxygen atoms in total. The second kappa shape index (κ2) is 6.43. The molecule has 0 saturated carbocycles. The molecule has 0 aliphatic heterocycles. The van der Waals surface area contributed by atoms with E-state index in [0.29, 0.717) is 6.61 Å². The Morgan fingerprint density at radius 2 is 2.15 bits per heavy atom. The highest BCUT2D eigenvalue weighted by Crippen LogP contribution is 2.26. The number of hydrogen-bond donors (Lipinski definition) is 1. The summed E-state index contributed by atoms with van der Waals surface area (Å²) >= 11 is 0. The number of imidazole rings is 1. The largest absolute Gasteiger partial charge is 0.495 e. The third-order valence-electron chi connectivity index (χ3n) is 3.03. The van der Waals surface area contributed by atoms with Crippen LogP contribution < -0.4 is 10.1 Å². The molecule has 1 heterocycles.